The quantitative estimate of drug-likeness (QED) is 0.792. The Morgan fingerprint density at radius 2 is 2.11 bits per heavy atom. The normalized spacial score (nSPS) is 15.0. The lowest BCUT2D eigenvalue weighted by atomic mass is 10.1. The van der Waals surface area contributed by atoms with Gasteiger partial charge in [-0.2, -0.15) is 0 Å². The average Bonchev–Trinajstić information content (AvgIpc) is 3.18. The molecule has 0 radical (unpaired) electrons. The molecule has 0 aliphatic heterocycles. The molecule has 1 saturated carbocycles. The first-order valence-corrected chi connectivity index (χ1v) is 7.32. The lowest BCUT2D eigenvalue weighted by molar-refractivity contribution is 0.299. The molecule has 1 aromatic rings. The molecule has 3 nitrogen and oxygen atoms in total. The largest absolute Gasteiger partial charge is 0.395 e. The molecule has 106 valence electrons. The molecule has 2 rings (SSSR count). The fraction of sp³-hybridized carbons (Fsp3) is 0.625. The number of nitrogens with one attached hydrogen (secondary N) is 1. The molecule has 0 spiro atoms. The molecule has 0 bridgehead atoms. The Hall–Kier alpha value is -1.06. The van der Waals surface area contributed by atoms with Gasteiger partial charge in [-0.25, -0.2) is 0 Å². The van der Waals surface area contributed by atoms with E-state index in [2.05, 4.69) is 49.2 Å². The maximum absolute atomic E-state index is 9.19. The molecule has 3 heteroatoms. The maximum atomic E-state index is 9.19. The van der Waals surface area contributed by atoms with Crippen molar-refractivity contribution >= 4 is 5.69 Å². The molecular weight excluding hydrogens is 236 g/mol. The first kappa shape index (κ1) is 14.4. The highest BCUT2D eigenvalue weighted by molar-refractivity contribution is 5.55. The van der Waals surface area contributed by atoms with Crippen LogP contribution in [0.3, 0.4) is 0 Å². The summed E-state index contributed by atoms with van der Waals surface area (Å²) in [7, 11) is 0. The summed E-state index contributed by atoms with van der Waals surface area (Å²) < 4.78 is 0. The molecule has 1 aliphatic rings. The van der Waals surface area contributed by atoms with E-state index in [0.717, 1.165) is 12.6 Å². The summed E-state index contributed by atoms with van der Waals surface area (Å²) in [6.07, 6.45) is 2.66. The number of anilines is 1. The summed E-state index contributed by atoms with van der Waals surface area (Å²) in [6.45, 7) is 8.34. The minimum atomic E-state index is 0.197. The van der Waals surface area contributed by atoms with Gasteiger partial charge < -0.3 is 15.3 Å². The van der Waals surface area contributed by atoms with Crippen LogP contribution < -0.4 is 10.2 Å². The second-order valence-corrected chi connectivity index (χ2v) is 5.79. The number of nitrogens with zero attached hydrogens (tertiary/aromatic N) is 1. The smallest absolute Gasteiger partial charge is 0.0606 e. The van der Waals surface area contributed by atoms with Gasteiger partial charge in [0.2, 0.25) is 0 Å². The monoisotopic (exact) mass is 262 g/mol. The number of aliphatic hydroxyl groups excluding tert-OH is 1. The third kappa shape index (κ3) is 3.95. The fourth-order valence-corrected chi connectivity index (χ4v) is 2.46. The number of aryl methyl sites for hydroxylation is 1. The summed E-state index contributed by atoms with van der Waals surface area (Å²) >= 11 is 0. The van der Waals surface area contributed by atoms with Crippen molar-refractivity contribution in [3.05, 3.63) is 29.3 Å². The summed E-state index contributed by atoms with van der Waals surface area (Å²) in [6, 6.07) is 7.81. The van der Waals surface area contributed by atoms with Crippen LogP contribution in [0.2, 0.25) is 0 Å². The van der Waals surface area contributed by atoms with Crippen molar-refractivity contribution in [3.8, 4) is 0 Å². The Morgan fingerprint density at radius 1 is 1.37 bits per heavy atom. The average molecular weight is 262 g/mol. The van der Waals surface area contributed by atoms with E-state index >= 15 is 0 Å². The van der Waals surface area contributed by atoms with Gasteiger partial charge in [-0.1, -0.05) is 12.1 Å². The van der Waals surface area contributed by atoms with Crippen LogP contribution in [0.4, 0.5) is 5.69 Å². The molecule has 0 unspecified atom stereocenters. The van der Waals surface area contributed by atoms with E-state index in [9.17, 15) is 5.11 Å². The zero-order chi connectivity index (χ0) is 13.8. The van der Waals surface area contributed by atoms with E-state index in [1.54, 1.807) is 0 Å². The molecule has 1 aliphatic carbocycles. The molecule has 0 saturated heterocycles. The molecule has 1 fully saturated rings. The Labute approximate surface area is 116 Å². The van der Waals surface area contributed by atoms with Crippen LogP contribution in [-0.4, -0.2) is 30.3 Å². The van der Waals surface area contributed by atoms with Crippen molar-refractivity contribution in [2.45, 2.75) is 52.2 Å². The Bertz CT molecular complexity index is 413. The predicted octanol–water partition coefficient (Wildman–Crippen LogP) is 2.45. The maximum Gasteiger partial charge on any atom is 0.0606 e. The van der Waals surface area contributed by atoms with Gasteiger partial charge in [0.1, 0.15) is 0 Å². The van der Waals surface area contributed by atoms with Gasteiger partial charge in [-0.05, 0) is 50.8 Å². The van der Waals surface area contributed by atoms with Crippen LogP contribution >= 0.6 is 0 Å². The van der Waals surface area contributed by atoms with E-state index in [1.807, 2.05) is 0 Å². The zero-order valence-electron chi connectivity index (χ0n) is 12.3. The fourth-order valence-electron chi connectivity index (χ4n) is 2.46. The van der Waals surface area contributed by atoms with Gasteiger partial charge in [-0.15, -0.1) is 0 Å². The number of hydrogen-bond acceptors (Lipinski definition) is 3. The number of hydrogen-bond donors (Lipinski definition) is 2. The van der Waals surface area contributed by atoms with Crippen LogP contribution in [0, 0.1) is 6.92 Å². The van der Waals surface area contributed by atoms with Crippen LogP contribution in [0.1, 0.15) is 37.8 Å². The highest BCUT2D eigenvalue weighted by Crippen LogP contribution is 2.24. The van der Waals surface area contributed by atoms with Gasteiger partial charge in [0.05, 0.1) is 6.61 Å². The van der Waals surface area contributed by atoms with Crippen LogP contribution in [0.25, 0.3) is 0 Å². The summed E-state index contributed by atoms with van der Waals surface area (Å²) in [5.41, 5.74) is 3.87. The molecule has 0 atom stereocenters. The van der Waals surface area contributed by atoms with Crippen molar-refractivity contribution in [2.75, 3.05) is 18.1 Å². The van der Waals surface area contributed by atoms with Gasteiger partial charge >= 0.3 is 0 Å². The van der Waals surface area contributed by atoms with Crippen molar-refractivity contribution in [1.29, 1.82) is 0 Å². The van der Waals surface area contributed by atoms with E-state index in [-0.39, 0.29) is 6.61 Å². The van der Waals surface area contributed by atoms with E-state index < -0.39 is 0 Å². The highest BCUT2D eigenvalue weighted by atomic mass is 16.3. The predicted molar refractivity (Wildman–Crippen MR) is 80.6 cm³/mol. The van der Waals surface area contributed by atoms with Crippen LogP contribution in [-0.2, 0) is 6.54 Å². The first-order chi connectivity index (χ1) is 9.11. The summed E-state index contributed by atoms with van der Waals surface area (Å²) in [4.78, 5) is 2.26. The molecule has 1 aromatic carbocycles. The second kappa shape index (κ2) is 6.40. The van der Waals surface area contributed by atoms with E-state index in [4.69, 9.17) is 0 Å². The lowest BCUT2D eigenvalue weighted by Crippen LogP contribution is -2.34. The Kier molecular flexibility index (Phi) is 4.83. The minimum Gasteiger partial charge on any atom is -0.395 e. The molecule has 2 N–H and O–H groups in total. The van der Waals surface area contributed by atoms with Crippen LogP contribution in [0.15, 0.2) is 18.2 Å². The molecule has 0 heterocycles. The zero-order valence-corrected chi connectivity index (χ0v) is 12.3. The van der Waals surface area contributed by atoms with Crippen molar-refractivity contribution in [3.63, 3.8) is 0 Å². The molecular formula is C16H26N2O. The molecule has 0 aromatic heterocycles. The molecule has 19 heavy (non-hydrogen) atoms. The third-order valence-electron chi connectivity index (χ3n) is 3.71. The van der Waals surface area contributed by atoms with Crippen LogP contribution in [0.5, 0.6) is 0 Å². The van der Waals surface area contributed by atoms with Crippen molar-refractivity contribution in [1.82, 2.24) is 5.32 Å². The topological polar surface area (TPSA) is 35.5 Å². The highest BCUT2D eigenvalue weighted by Gasteiger charge is 2.20. The van der Waals surface area contributed by atoms with E-state index in [0.29, 0.717) is 12.6 Å². The number of rotatable bonds is 7. The van der Waals surface area contributed by atoms with Crippen molar-refractivity contribution in [2.24, 2.45) is 0 Å². The molecule has 0 amide bonds. The standard InChI is InChI=1S/C16H26N2O/c1-12(2)18(8-9-19)16-7-4-14(10-13(16)3)11-17-15-5-6-15/h4,7,10,12,15,17,19H,5-6,8-9,11H2,1-3H3. The number of aliphatic hydroxyl groups is 1. The van der Waals surface area contributed by atoms with Gasteiger partial charge in [-0.3, -0.25) is 0 Å². The van der Waals surface area contributed by atoms with Gasteiger partial charge in [0.25, 0.3) is 0 Å². The van der Waals surface area contributed by atoms with Gasteiger partial charge in [0.15, 0.2) is 0 Å². The second-order valence-electron chi connectivity index (χ2n) is 5.79. The Balaban J connectivity index is 2.07. The Morgan fingerprint density at radius 3 is 2.63 bits per heavy atom. The minimum absolute atomic E-state index is 0.197. The first-order valence-electron chi connectivity index (χ1n) is 7.32. The summed E-state index contributed by atoms with van der Waals surface area (Å²) in [5.74, 6) is 0. The van der Waals surface area contributed by atoms with Crippen molar-refractivity contribution < 1.29 is 5.11 Å². The van der Waals surface area contributed by atoms with Gasteiger partial charge in [0, 0.05) is 30.9 Å². The summed E-state index contributed by atoms with van der Waals surface area (Å²) in [5, 5.41) is 12.7. The van der Waals surface area contributed by atoms with E-state index in [1.165, 1.54) is 29.7 Å². The third-order valence-corrected chi connectivity index (χ3v) is 3.71. The SMILES string of the molecule is Cc1cc(CNC2CC2)ccc1N(CCO)C(C)C. The number of benzene rings is 1. The lowest BCUT2D eigenvalue weighted by Gasteiger charge is -2.30.